The third-order valence-corrected chi connectivity index (χ3v) is 2.76. The molecule has 0 bridgehead atoms. The maximum atomic E-state index is 12.2. The zero-order valence-electron chi connectivity index (χ0n) is 10.7. The van der Waals surface area contributed by atoms with Crippen molar-refractivity contribution < 1.29 is 4.79 Å². The maximum Gasteiger partial charge on any atom is 0.226 e. The Balaban J connectivity index is 4.40. The van der Waals surface area contributed by atoms with Gasteiger partial charge in [-0.3, -0.25) is 4.79 Å². The van der Waals surface area contributed by atoms with E-state index in [0.29, 0.717) is 13.1 Å². The van der Waals surface area contributed by atoms with E-state index in [-0.39, 0.29) is 11.8 Å². The maximum absolute atomic E-state index is 12.2. The summed E-state index contributed by atoms with van der Waals surface area (Å²) < 4.78 is 0. The zero-order valence-corrected chi connectivity index (χ0v) is 10.7. The second-order valence-electron chi connectivity index (χ2n) is 4.07. The van der Waals surface area contributed by atoms with Crippen LogP contribution in [0.3, 0.4) is 0 Å². The Morgan fingerprint density at radius 3 is 2.19 bits per heavy atom. The van der Waals surface area contributed by atoms with Gasteiger partial charge in [-0.05, 0) is 12.8 Å². The minimum atomic E-state index is 0.167. The van der Waals surface area contributed by atoms with Crippen molar-refractivity contribution in [2.75, 3.05) is 13.1 Å². The van der Waals surface area contributed by atoms with Gasteiger partial charge in [0.15, 0.2) is 0 Å². The van der Waals surface area contributed by atoms with Crippen LogP contribution in [0, 0.1) is 5.92 Å². The van der Waals surface area contributed by atoms with Crippen molar-refractivity contribution in [1.29, 1.82) is 0 Å². The summed E-state index contributed by atoms with van der Waals surface area (Å²) >= 11 is 0. The fraction of sp³-hybridized carbons (Fsp3) is 0.643. The summed E-state index contributed by atoms with van der Waals surface area (Å²) in [6, 6.07) is 0. The van der Waals surface area contributed by atoms with Crippen molar-refractivity contribution in [3.63, 3.8) is 0 Å². The Labute approximate surface area is 100 Å². The summed E-state index contributed by atoms with van der Waals surface area (Å²) in [6.07, 6.45) is 7.73. The van der Waals surface area contributed by atoms with Gasteiger partial charge >= 0.3 is 0 Å². The standard InChI is InChI=1S/C14H25NO/c1-5-9-10-13(8-4)14(16)15(11-6-2)12-7-3/h6-7,13H,2-3,5,8-12H2,1,4H3/t13-/m0/s1. The van der Waals surface area contributed by atoms with Crippen LogP contribution in [-0.4, -0.2) is 23.9 Å². The van der Waals surface area contributed by atoms with E-state index in [1.165, 1.54) is 0 Å². The summed E-state index contributed by atoms with van der Waals surface area (Å²) in [6.45, 7) is 12.8. The first-order valence-corrected chi connectivity index (χ1v) is 6.21. The van der Waals surface area contributed by atoms with Crippen LogP contribution in [0.1, 0.15) is 39.5 Å². The summed E-state index contributed by atoms with van der Waals surface area (Å²) in [5, 5.41) is 0. The molecule has 0 saturated heterocycles. The van der Waals surface area contributed by atoms with Gasteiger partial charge in [-0.25, -0.2) is 0 Å². The van der Waals surface area contributed by atoms with Gasteiger partial charge in [0.25, 0.3) is 0 Å². The third kappa shape index (κ3) is 5.15. The van der Waals surface area contributed by atoms with E-state index in [4.69, 9.17) is 0 Å². The highest BCUT2D eigenvalue weighted by atomic mass is 16.2. The average Bonchev–Trinajstić information content (AvgIpc) is 2.29. The number of rotatable bonds is 9. The van der Waals surface area contributed by atoms with Crippen LogP contribution in [0.5, 0.6) is 0 Å². The van der Waals surface area contributed by atoms with Gasteiger partial charge in [0.1, 0.15) is 0 Å². The average molecular weight is 223 g/mol. The van der Waals surface area contributed by atoms with Gasteiger partial charge in [0.05, 0.1) is 0 Å². The SMILES string of the molecule is C=CCN(CC=C)C(=O)[C@@H](CC)CCCC. The lowest BCUT2D eigenvalue weighted by molar-refractivity contribution is -0.134. The highest BCUT2D eigenvalue weighted by Gasteiger charge is 2.20. The lowest BCUT2D eigenvalue weighted by atomic mass is 9.97. The number of nitrogens with zero attached hydrogens (tertiary/aromatic N) is 1. The molecule has 0 fully saturated rings. The Bertz CT molecular complexity index is 213. The monoisotopic (exact) mass is 223 g/mol. The van der Waals surface area contributed by atoms with E-state index >= 15 is 0 Å². The van der Waals surface area contributed by atoms with E-state index in [1.54, 1.807) is 12.2 Å². The fourth-order valence-electron chi connectivity index (χ4n) is 1.78. The van der Waals surface area contributed by atoms with E-state index in [0.717, 1.165) is 25.7 Å². The largest absolute Gasteiger partial charge is 0.335 e. The molecule has 16 heavy (non-hydrogen) atoms. The van der Waals surface area contributed by atoms with Crippen molar-refractivity contribution in [3.05, 3.63) is 25.3 Å². The quantitative estimate of drug-likeness (QED) is 0.549. The number of unbranched alkanes of at least 4 members (excludes halogenated alkanes) is 1. The molecule has 1 atom stereocenters. The summed E-state index contributed by atoms with van der Waals surface area (Å²) in [7, 11) is 0. The van der Waals surface area contributed by atoms with Crippen LogP contribution in [0.25, 0.3) is 0 Å². The molecule has 0 aliphatic rings. The van der Waals surface area contributed by atoms with E-state index in [2.05, 4.69) is 27.0 Å². The molecule has 0 saturated carbocycles. The molecule has 0 aromatic rings. The van der Waals surface area contributed by atoms with Crippen LogP contribution in [0.2, 0.25) is 0 Å². The molecule has 0 unspecified atom stereocenters. The molecule has 2 heteroatoms. The van der Waals surface area contributed by atoms with Crippen LogP contribution >= 0.6 is 0 Å². The number of hydrogen-bond acceptors (Lipinski definition) is 1. The minimum Gasteiger partial charge on any atom is -0.335 e. The molecule has 0 rings (SSSR count). The lowest BCUT2D eigenvalue weighted by Crippen LogP contribution is -2.36. The smallest absolute Gasteiger partial charge is 0.226 e. The zero-order chi connectivity index (χ0) is 12.4. The van der Waals surface area contributed by atoms with E-state index in [1.807, 2.05) is 4.90 Å². The molecule has 0 spiro atoms. The van der Waals surface area contributed by atoms with Crippen LogP contribution in [0.15, 0.2) is 25.3 Å². The Morgan fingerprint density at radius 2 is 1.81 bits per heavy atom. The predicted molar refractivity (Wildman–Crippen MR) is 70.3 cm³/mol. The van der Waals surface area contributed by atoms with E-state index in [9.17, 15) is 4.79 Å². The molecular formula is C14H25NO. The second kappa shape index (κ2) is 9.20. The van der Waals surface area contributed by atoms with Gasteiger partial charge in [-0.1, -0.05) is 38.8 Å². The molecular weight excluding hydrogens is 198 g/mol. The van der Waals surface area contributed by atoms with Crippen molar-refractivity contribution in [3.8, 4) is 0 Å². The predicted octanol–water partition coefficient (Wildman–Crippen LogP) is 3.40. The Hall–Kier alpha value is -1.05. The fourth-order valence-corrected chi connectivity index (χ4v) is 1.78. The number of carbonyl (C=O) groups excluding carboxylic acids is 1. The first-order chi connectivity index (χ1) is 7.71. The van der Waals surface area contributed by atoms with E-state index < -0.39 is 0 Å². The molecule has 1 amide bonds. The first-order valence-electron chi connectivity index (χ1n) is 6.21. The molecule has 0 heterocycles. The van der Waals surface area contributed by atoms with Crippen LogP contribution in [0.4, 0.5) is 0 Å². The van der Waals surface area contributed by atoms with Crippen molar-refractivity contribution in [1.82, 2.24) is 4.90 Å². The van der Waals surface area contributed by atoms with Crippen molar-refractivity contribution >= 4 is 5.91 Å². The van der Waals surface area contributed by atoms with Gasteiger partial charge in [0, 0.05) is 19.0 Å². The molecule has 0 radical (unpaired) electrons. The molecule has 0 N–H and O–H groups in total. The van der Waals surface area contributed by atoms with Gasteiger partial charge in [0.2, 0.25) is 5.91 Å². The topological polar surface area (TPSA) is 20.3 Å². The Kier molecular flexibility index (Phi) is 8.59. The lowest BCUT2D eigenvalue weighted by Gasteiger charge is -2.24. The minimum absolute atomic E-state index is 0.167. The number of carbonyl (C=O) groups is 1. The third-order valence-electron chi connectivity index (χ3n) is 2.76. The molecule has 0 aromatic carbocycles. The highest BCUT2D eigenvalue weighted by molar-refractivity contribution is 5.79. The molecule has 0 aromatic heterocycles. The molecule has 92 valence electrons. The van der Waals surface area contributed by atoms with Crippen molar-refractivity contribution in [2.24, 2.45) is 5.92 Å². The Morgan fingerprint density at radius 1 is 1.25 bits per heavy atom. The summed E-state index contributed by atoms with van der Waals surface area (Å²) in [5.74, 6) is 0.413. The van der Waals surface area contributed by atoms with Crippen LogP contribution in [-0.2, 0) is 4.79 Å². The first kappa shape index (κ1) is 14.9. The number of amides is 1. The number of hydrogen-bond donors (Lipinski definition) is 0. The molecule has 0 aliphatic carbocycles. The summed E-state index contributed by atoms with van der Waals surface area (Å²) in [5.41, 5.74) is 0. The van der Waals surface area contributed by atoms with Gasteiger partial charge in [-0.15, -0.1) is 13.2 Å². The van der Waals surface area contributed by atoms with Crippen molar-refractivity contribution in [2.45, 2.75) is 39.5 Å². The van der Waals surface area contributed by atoms with Crippen LogP contribution < -0.4 is 0 Å². The molecule has 0 aliphatic heterocycles. The normalized spacial score (nSPS) is 11.9. The van der Waals surface area contributed by atoms with Gasteiger partial charge in [-0.2, -0.15) is 0 Å². The molecule has 2 nitrogen and oxygen atoms in total. The highest BCUT2D eigenvalue weighted by Crippen LogP contribution is 2.15. The second-order valence-corrected chi connectivity index (χ2v) is 4.07. The van der Waals surface area contributed by atoms with Gasteiger partial charge < -0.3 is 4.90 Å². The summed E-state index contributed by atoms with van der Waals surface area (Å²) in [4.78, 5) is 14.0.